The van der Waals surface area contributed by atoms with Crippen molar-refractivity contribution in [1.29, 1.82) is 0 Å². The Morgan fingerprint density at radius 3 is 2.46 bits per heavy atom. The van der Waals surface area contributed by atoms with E-state index in [9.17, 15) is 4.79 Å². The standard InChI is InChI=1S/C34H49N5O2/c40-33(13-18-36-21-23-38(24-22-36)32-10-4-6-17-35-32)39-19-15-34(16-20-39)14-5-3-8-30-7-1-2-9-31(30)41-26-25-37(28-34)27-29-11-12-29/h1-2,4,6-7,9-10,17,29H,3,5,8,11-16,18-28H2. The molecule has 1 aromatic carbocycles. The van der Waals surface area contributed by atoms with Gasteiger partial charge in [0.15, 0.2) is 0 Å². The van der Waals surface area contributed by atoms with Gasteiger partial charge in [0.05, 0.1) is 0 Å². The highest BCUT2D eigenvalue weighted by Crippen LogP contribution is 2.40. The number of piperidine rings is 1. The highest BCUT2D eigenvalue weighted by molar-refractivity contribution is 5.76. The van der Waals surface area contributed by atoms with E-state index in [-0.39, 0.29) is 0 Å². The number of anilines is 1. The lowest BCUT2D eigenvalue weighted by Crippen LogP contribution is -2.50. The Labute approximate surface area is 246 Å². The van der Waals surface area contributed by atoms with Crippen molar-refractivity contribution < 1.29 is 9.53 Å². The number of nitrogens with zero attached hydrogens (tertiary/aromatic N) is 5. The molecule has 1 saturated carbocycles. The van der Waals surface area contributed by atoms with E-state index in [0.29, 0.717) is 17.7 Å². The Hall–Kier alpha value is -2.64. The van der Waals surface area contributed by atoms with E-state index in [1.165, 1.54) is 44.2 Å². The van der Waals surface area contributed by atoms with Gasteiger partial charge in [0.2, 0.25) is 5.91 Å². The maximum Gasteiger partial charge on any atom is 0.223 e. The molecule has 0 atom stereocenters. The monoisotopic (exact) mass is 559 g/mol. The summed E-state index contributed by atoms with van der Waals surface area (Å²) in [6.45, 7) is 10.8. The first-order chi connectivity index (χ1) is 20.2. The molecule has 0 N–H and O–H groups in total. The molecule has 1 aliphatic carbocycles. The molecule has 0 unspecified atom stereocenters. The van der Waals surface area contributed by atoms with Crippen molar-refractivity contribution in [3.63, 3.8) is 0 Å². The smallest absolute Gasteiger partial charge is 0.223 e. The highest BCUT2D eigenvalue weighted by atomic mass is 16.5. The molecule has 3 fully saturated rings. The summed E-state index contributed by atoms with van der Waals surface area (Å²) in [5.74, 6) is 3.36. The Kier molecular flexibility index (Phi) is 9.42. The van der Waals surface area contributed by atoms with Crippen LogP contribution in [0.15, 0.2) is 48.7 Å². The summed E-state index contributed by atoms with van der Waals surface area (Å²) in [6, 6.07) is 14.7. The third-order valence-electron chi connectivity index (χ3n) is 9.98. The van der Waals surface area contributed by atoms with Crippen molar-refractivity contribution in [2.75, 3.05) is 77.0 Å². The van der Waals surface area contributed by atoms with E-state index in [2.05, 4.69) is 61.0 Å². The van der Waals surface area contributed by atoms with Crippen molar-refractivity contribution in [2.45, 2.75) is 57.8 Å². The second-order valence-corrected chi connectivity index (χ2v) is 13.0. The van der Waals surface area contributed by atoms with Gasteiger partial charge in [-0.15, -0.1) is 0 Å². The molecule has 1 spiro atoms. The van der Waals surface area contributed by atoms with Crippen LogP contribution in [0, 0.1) is 11.3 Å². The largest absolute Gasteiger partial charge is 0.492 e. The first-order valence-corrected chi connectivity index (χ1v) is 16.3. The fourth-order valence-electron chi connectivity index (χ4n) is 7.20. The van der Waals surface area contributed by atoms with Gasteiger partial charge in [0.25, 0.3) is 0 Å². The number of piperazine rings is 1. The van der Waals surface area contributed by atoms with Gasteiger partial charge in [0.1, 0.15) is 18.2 Å². The summed E-state index contributed by atoms with van der Waals surface area (Å²) in [5.41, 5.74) is 1.68. The lowest BCUT2D eigenvalue weighted by atomic mass is 9.73. The Morgan fingerprint density at radius 2 is 1.68 bits per heavy atom. The van der Waals surface area contributed by atoms with Crippen LogP contribution in [0.2, 0.25) is 0 Å². The summed E-state index contributed by atoms with van der Waals surface area (Å²) in [5, 5.41) is 0. The second-order valence-electron chi connectivity index (χ2n) is 13.0. The fourth-order valence-corrected chi connectivity index (χ4v) is 7.20. The van der Waals surface area contributed by atoms with Crippen LogP contribution in [0.1, 0.15) is 56.9 Å². The van der Waals surface area contributed by atoms with Crippen molar-refractivity contribution in [3.05, 3.63) is 54.2 Å². The second kappa shape index (κ2) is 13.6. The number of ether oxygens (including phenoxy) is 1. The molecular formula is C34H49N5O2. The summed E-state index contributed by atoms with van der Waals surface area (Å²) >= 11 is 0. The summed E-state index contributed by atoms with van der Waals surface area (Å²) in [6.07, 6.45) is 12.4. The zero-order chi connectivity index (χ0) is 27.9. The van der Waals surface area contributed by atoms with Crippen molar-refractivity contribution in [2.24, 2.45) is 11.3 Å². The Balaban J connectivity index is 1.000. The molecule has 2 aromatic rings. The zero-order valence-corrected chi connectivity index (χ0v) is 24.9. The number of para-hydroxylation sites is 1. The molecule has 222 valence electrons. The van der Waals surface area contributed by atoms with E-state index in [1.54, 1.807) is 0 Å². The number of carbonyl (C=O) groups excluding carboxylic acids is 1. The first-order valence-electron chi connectivity index (χ1n) is 16.3. The lowest BCUT2D eigenvalue weighted by molar-refractivity contribution is -0.134. The van der Waals surface area contributed by atoms with Gasteiger partial charge in [-0.1, -0.05) is 30.7 Å². The average molecular weight is 560 g/mol. The normalized spacial score (nSPS) is 22.8. The molecule has 1 aromatic heterocycles. The van der Waals surface area contributed by atoms with E-state index in [0.717, 1.165) is 102 Å². The third-order valence-corrected chi connectivity index (χ3v) is 9.98. The van der Waals surface area contributed by atoms with E-state index >= 15 is 0 Å². The number of hydrogen-bond donors (Lipinski definition) is 0. The van der Waals surface area contributed by atoms with Gasteiger partial charge in [-0.3, -0.25) is 14.6 Å². The molecule has 6 rings (SSSR count). The van der Waals surface area contributed by atoms with Crippen LogP contribution in [0.3, 0.4) is 0 Å². The topological polar surface area (TPSA) is 52.2 Å². The first kappa shape index (κ1) is 28.5. The SMILES string of the molecule is O=C(CCN1CCN(c2ccccn2)CC1)N1CCC2(CCCCc3ccccc3OCCN(CC3CC3)C2)CC1. The minimum absolute atomic E-state index is 0.326. The highest BCUT2D eigenvalue weighted by Gasteiger charge is 2.38. The molecule has 4 aliphatic rings. The molecular weight excluding hydrogens is 510 g/mol. The average Bonchev–Trinajstić information content (AvgIpc) is 3.83. The van der Waals surface area contributed by atoms with Crippen molar-refractivity contribution >= 4 is 11.7 Å². The number of amides is 1. The Morgan fingerprint density at radius 1 is 0.878 bits per heavy atom. The number of likely N-dealkylation sites (tertiary alicyclic amines) is 1. The van der Waals surface area contributed by atoms with Crippen molar-refractivity contribution in [3.8, 4) is 5.75 Å². The minimum atomic E-state index is 0.326. The van der Waals surface area contributed by atoms with Crippen LogP contribution in [0.5, 0.6) is 5.75 Å². The van der Waals surface area contributed by atoms with Gasteiger partial charge in [-0.05, 0) is 80.0 Å². The predicted molar refractivity (Wildman–Crippen MR) is 164 cm³/mol. The molecule has 2 saturated heterocycles. The summed E-state index contributed by atoms with van der Waals surface area (Å²) in [4.78, 5) is 27.5. The number of pyridine rings is 1. The lowest BCUT2D eigenvalue weighted by Gasteiger charge is -2.45. The number of fused-ring (bicyclic) bond motifs is 1. The third kappa shape index (κ3) is 7.81. The van der Waals surface area contributed by atoms with Gasteiger partial charge < -0.3 is 14.5 Å². The van der Waals surface area contributed by atoms with Crippen LogP contribution >= 0.6 is 0 Å². The summed E-state index contributed by atoms with van der Waals surface area (Å²) in [7, 11) is 0. The van der Waals surface area contributed by atoms with Crippen LogP contribution in [0.4, 0.5) is 5.82 Å². The van der Waals surface area contributed by atoms with Crippen LogP contribution in [-0.4, -0.2) is 97.6 Å². The fraction of sp³-hybridized carbons (Fsp3) is 0.647. The van der Waals surface area contributed by atoms with Gasteiger partial charge in [-0.25, -0.2) is 4.98 Å². The predicted octanol–water partition coefficient (Wildman–Crippen LogP) is 4.72. The maximum atomic E-state index is 13.3. The van der Waals surface area contributed by atoms with Crippen molar-refractivity contribution in [1.82, 2.24) is 19.7 Å². The molecule has 0 radical (unpaired) electrons. The number of benzene rings is 1. The minimum Gasteiger partial charge on any atom is -0.492 e. The molecule has 3 aliphatic heterocycles. The van der Waals surface area contributed by atoms with Gasteiger partial charge in [0, 0.05) is 78.1 Å². The molecule has 1 amide bonds. The number of aromatic nitrogens is 1. The van der Waals surface area contributed by atoms with Crippen LogP contribution < -0.4 is 9.64 Å². The maximum absolute atomic E-state index is 13.3. The molecule has 4 heterocycles. The number of carbonyl (C=O) groups is 1. The number of rotatable bonds is 6. The molecule has 7 nitrogen and oxygen atoms in total. The Bertz CT molecular complexity index is 1110. The number of aryl methyl sites for hydroxylation is 1. The molecule has 41 heavy (non-hydrogen) atoms. The van der Waals surface area contributed by atoms with Gasteiger partial charge in [-0.2, -0.15) is 0 Å². The summed E-state index contributed by atoms with van der Waals surface area (Å²) < 4.78 is 6.32. The van der Waals surface area contributed by atoms with E-state index in [1.807, 2.05) is 12.3 Å². The van der Waals surface area contributed by atoms with E-state index in [4.69, 9.17) is 4.74 Å². The zero-order valence-electron chi connectivity index (χ0n) is 24.9. The quantitative estimate of drug-likeness (QED) is 0.511. The molecule has 0 bridgehead atoms. The number of hydrogen-bond acceptors (Lipinski definition) is 6. The van der Waals surface area contributed by atoms with Crippen LogP contribution in [-0.2, 0) is 11.2 Å². The van der Waals surface area contributed by atoms with E-state index < -0.39 is 0 Å². The van der Waals surface area contributed by atoms with Gasteiger partial charge >= 0.3 is 0 Å². The van der Waals surface area contributed by atoms with Crippen LogP contribution in [0.25, 0.3) is 0 Å². The molecule has 7 heteroatoms.